The van der Waals surface area contributed by atoms with E-state index in [1.807, 2.05) is 13.8 Å². The number of hydrogen-bond acceptors (Lipinski definition) is 2. The van der Waals surface area contributed by atoms with Crippen LogP contribution in [-0.2, 0) is 4.79 Å². The molecule has 0 bridgehead atoms. The van der Waals surface area contributed by atoms with Gasteiger partial charge in [-0.05, 0) is 0 Å². The number of carboxylic acid groups (broad SMARTS) is 1. The Morgan fingerprint density at radius 2 is 1.90 bits per heavy atom. The Labute approximate surface area is 64.2 Å². The summed E-state index contributed by atoms with van der Waals surface area (Å²) in [6, 6.07) is 0. The Bertz CT molecular complexity index is 115. The highest BCUT2D eigenvalue weighted by Gasteiger charge is 2.00. The third kappa shape index (κ3) is 10.3. The second kappa shape index (κ2) is 8.23. The van der Waals surface area contributed by atoms with E-state index in [4.69, 9.17) is 16.7 Å². The first-order valence-electron chi connectivity index (χ1n) is 2.75. The molecule has 0 spiro atoms. The van der Waals surface area contributed by atoms with Crippen LogP contribution in [0.5, 0.6) is 0 Å². The number of amides is 2. The summed E-state index contributed by atoms with van der Waals surface area (Å²) < 4.78 is 0. The molecule has 60 valence electrons. The van der Waals surface area contributed by atoms with Gasteiger partial charge in [-0.25, -0.2) is 4.79 Å². The predicted molar refractivity (Wildman–Crippen MR) is 38.2 cm³/mol. The van der Waals surface area contributed by atoms with Crippen LogP contribution < -0.4 is 5.32 Å². The van der Waals surface area contributed by atoms with Crippen molar-refractivity contribution < 1.29 is 14.7 Å². The van der Waals surface area contributed by atoms with Gasteiger partial charge >= 0.3 is 6.09 Å². The summed E-state index contributed by atoms with van der Waals surface area (Å²) >= 11 is 4.92. The third-order valence-electron chi connectivity index (χ3n) is 0.368. The summed E-state index contributed by atoms with van der Waals surface area (Å²) in [4.78, 5) is 19.6. The number of nitrogens with one attached hydrogen (secondary N) is 1. The first-order valence-corrected chi connectivity index (χ1v) is 3.29. The van der Waals surface area contributed by atoms with Crippen LogP contribution in [-0.4, -0.2) is 23.0 Å². The van der Waals surface area contributed by atoms with Gasteiger partial charge in [0.1, 0.15) is 5.88 Å². The Balaban J connectivity index is 0. The zero-order valence-electron chi connectivity index (χ0n) is 5.85. The molecule has 0 saturated heterocycles. The maximum atomic E-state index is 10.00. The standard InChI is InChI=1S/C3H4ClNO3.C2H6/c4-1-2(6)5-3(7)8;1-2/h1H2,(H,5,6)(H,7,8);1-2H3. The minimum Gasteiger partial charge on any atom is -0.465 e. The van der Waals surface area contributed by atoms with Gasteiger partial charge in [0, 0.05) is 0 Å². The third-order valence-corrected chi connectivity index (χ3v) is 0.610. The van der Waals surface area contributed by atoms with Crippen LogP contribution in [0.3, 0.4) is 0 Å². The van der Waals surface area contributed by atoms with Crippen LogP contribution in [0.15, 0.2) is 0 Å². The lowest BCUT2D eigenvalue weighted by molar-refractivity contribution is -0.117. The SMILES string of the molecule is CC.O=C(O)NC(=O)CCl. The van der Waals surface area contributed by atoms with Crippen molar-refractivity contribution in [1.29, 1.82) is 0 Å². The molecule has 0 radical (unpaired) electrons. The maximum Gasteiger partial charge on any atom is 0.411 e. The molecule has 10 heavy (non-hydrogen) atoms. The fourth-order valence-corrected chi connectivity index (χ4v) is 0.219. The van der Waals surface area contributed by atoms with E-state index in [1.54, 1.807) is 0 Å². The Morgan fingerprint density at radius 3 is 2.00 bits per heavy atom. The van der Waals surface area contributed by atoms with E-state index in [-0.39, 0.29) is 5.88 Å². The second-order valence-electron chi connectivity index (χ2n) is 0.987. The van der Waals surface area contributed by atoms with E-state index in [0.29, 0.717) is 0 Å². The highest BCUT2D eigenvalue weighted by molar-refractivity contribution is 6.28. The molecule has 0 atom stereocenters. The fraction of sp³-hybridized carbons (Fsp3) is 0.600. The number of imide groups is 1. The van der Waals surface area contributed by atoms with Crippen molar-refractivity contribution in [2.75, 3.05) is 5.88 Å². The van der Waals surface area contributed by atoms with E-state index in [1.165, 1.54) is 5.32 Å². The Morgan fingerprint density at radius 1 is 1.50 bits per heavy atom. The quantitative estimate of drug-likeness (QED) is 0.574. The minimum absolute atomic E-state index is 0.327. The average Bonchev–Trinajstić information content (AvgIpc) is 1.91. The first kappa shape index (κ1) is 12.0. The smallest absolute Gasteiger partial charge is 0.411 e. The largest absolute Gasteiger partial charge is 0.465 e. The molecule has 0 aliphatic heterocycles. The summed E-state index contributed by atoms with van der Waals surface area (Å²) in [5, 5.41) is 9.36. The van der Waals surface area contributed by atoms with Crippen LogP contribution >= 0.6 is 11.6 Å². The molecule has 0 aromatic carbocycles. The summed E-state index contributed by atoms with van der Waals surface area (Å²) in [6.07, 6.45) is -1.38. The highest BCUT2D eigenvalue weighted by Crippen LogP contribution is 1.72. The van der Waals surface area contributed by atoms with E-state index in [9.17, 15) is 9.59 Å². The summed E-state index contributed by atoms with van der Waals surface area (Å²) in [6.45, 7) is 4.00. The second-order valence-corrected chi connectivity index (χ2v) is 1.25. The lowest BCUT2D eigenvalue weighted by atomic mass is 10.7. The van der Waals surface area contributed by atoms with Gasteiger partial charge in [-0.1, -0.05) is 13.8 Å². The molecule has 2 amide bonds. The molecule has 0 rings (SSSR count). The number of carbonyl (C=O) groups is 2. The Hall–Kier alpha value is -0.770. The molecular formula is C5H10ClNO3. The molecule has 0 saturated carbocycles. The highest BCUT2D eigenvalue weighted by atomic mass is 35.5. The molecule has 0 heterocycles. The molecule has 0 unspecified atom stereocenters. The van der Waals surface area contributed by atoms with Gasteiger partial charge in [-0.2, -0.15) is 0 Å². The van der Waals surface area contributed by atoms with E-state index >= 15 is 0 Å². The van der Waals surface area contributed by atoms with Crippen LogP contribution in [0.25, 0.3) is 0 Å². The topological polar surface area (TPSA) is 66.4 Å². The number of rotatable bonds is 1. The molecule has 0 fully saturated rings. The van der Waals surface area contributed by atoms with Gasteiger partial charge in [0.15, 0.2) is 0 Å². The minimum atomic E-state index is -1.38. The average molecular weight is 168 g/mol. The summed E-state index contributed by atoms with van der Waals surface area (Å²) in [7, 11) is 0. The van der Waals surface area contributed by atoms with Gasteiger partial charge in [0.05, 0.1) is 0 Å². The summed E-state index contributed by atoms with van der Waals surface area (Å²) in [5.74, 6) is -1.04. The molecular weight excluding hydrogens is 158 g/mol. The number of carbonyl (C=O) groups excluding carboxylic acids is 1. The van der Waals surface area contributed by atoms with E-state index < -0.39 is 12.0 Å². The molecule has 5 heteroatoms. The lowest BCUT2D eigenvalue weighted by Crippen LogP contribution is -2.29. The van der Waals surface area contributed by atoms with Crippen molar-refractivity contribution in [3.05, 3.63) is 0 Å². The monoisotopic (exact) mass is 167 g/mol. The van der Waals surface area contributed by atoms with Crippen LogP contribution in [0, 0.1) is 0 Å². The fourth-order valence-electron chi connectivity index (χ4n) is 0.153. The first-order chi connectivity index (χ1) is 4.66. The van der Waals surface area contributed by atoms with Crippen LogP contribution in [0.1, 0.15) is 13.8 Å². The van der Waals surface area contributed by atoms with E-state index in [2.05, 4.69) is 0 Å². The van der Waals surface area contributed by atoms with Crippen LogP contribution in [0.2, 0.25) is 0 Å². The normalized spacial score (nSPS) is 7.10. The number of alkyl halides is 1. The molecule has 4 nitrogen and oxygen atoms in total. The van der Waals surface area contributed by atoms with Crippen molar-refractivity contribution in [3.63, 3.8) is 0 Å². The van der Waals surface area contributed by atoms with Gasteiger partial charge in [0.2, 0.25) is 5.91 Å². The van der Waals surface area contributed by atoms with E-state index in [0.717, 1.165) is 0 Å². The Kier molecular flexibility index (Phi) is 9.84. The van der Waals surface area contributed by atoms with Gasteiger partial charge in [-0.15, -0.1) is 11.6 Å². The molecule has 0 aliphatic carbocycles. The van der Waals surface area contributed by atoms with Crippen molar-refractivity contribution in [3.8, 4) is 0 Å². The van der Waals surface area contributed by atoms with Gasteiger partial charge in [0.25, 0.3) is 0 Å². The van der Waals surface area contributed by atoms with Crippen molar-refractivity contribution in [2.24, 2.45) is 0 Å². The van der Waals surface area contributed by atoms with Crippen LogP contribution in [0.4, 0.5) is 4.79 Å². The predicted octanol–water partition coefficient (Wildman–Crippen LogP) is 1.05. The molecule has 0 aromatic heterocycles. The van der Waals surface area contributed by atoms with Gasteiger partial charge < -0.3 is 5.11 Å². The van der Waals surface area contributed by atoms with Gasteiger partial charge in [-0.3, -0.25) is 10.1 Å². The van der Waals surface area contributed by atoms with Crippen molar-refractivity contribution in [1.82, 2.24) is 5.32 Å². The maximum absolute atomic E-state index is 10.00. The lowest BCUT2D eigenvalue weighted by Gasteiger charge is -1.90. The zero-order chi connectivity index (χ0) is 8.57. The summed E-state index contributed by atoms with van der Waals surface area (Å²) in [5.41, 5.74) is 0. The molecule has 0 aliphatic rings. The molecule has 2 N–H and O–H groups in total. The number of halogens is 1. The zero-order valence-corrected chi connectivity index (χ0v) is 6.60. The number of hydrogen-bond donors (Lipinski definition) is 2. The van der Waals surface area contributed by atoms with Crippen molar-refractivity contribution >= 4 is 23.6 Å². The van der Waals surface area contributed by atoms with Crippen molar-refractivity contribution in [2.45, 2.75) is 13.8 Å². The molecule has 0 aromatic rings.